The van der Waals surface area contributed by atoms with E-state index in [1.807, 2.05) is 72.8 Å². The lowest BCUT2D eigenvalue weighted by Gasteiger charge is -2.33. The van der Waals surface area contributed by atoms with E-state index in [2.05, 4.69) is 11.8 Å². The molecule has 0 radical (unpaired) electrons. The first-order valence-electron chi connectivity index (χ1n) is 10.0. The molecule has 0 aromatic heterocycles. The van der Waals surface area contributed by atoms with E-state index < -0.39 is 12.2 Å². The Morgan fingerprint density at radius 1 is 0.690 bits per heavy atom. The molecule has 0 fully saturated rings. The number of aliphatic hydroxyl groups excluding tert-OH is 2. The van der Waals surface area contributed by atoms with Crippen LogP contribution in [0.2, 0.25) is 0 Å². The maximum Gasteiger partial charge on any atom is 0.115 e. The topological polar surface area (TPSA) is 63.9 Å². The Hall–Kier alpha value is -2.66. The van der Waals surface area contributed by atoms with Crippen LogP contribution in [0.3, 0.4) is 0 Å². The number of rotatable bonds is 9. The fourth-order valence-electron chi connectivity index (χ4n) is 3.54. The van der Waals surface area contributed by atoms with Gasteiger partial charge in [-0.3, -0.25) is 4.90 Å². The molecule has 3 aromatic rings. The predicted molar refractivity (Wildman–Crippen MR) is 116 cm³/mol. The Bertz CT molecular complexity index is 805. The van der Waals surface area contributed by atoms with Crippen molar-refractivity contribution in [2.24, 2.45) is 0 Å². The molecule has 0 spiro atoms. The summed E-state index contributed by atoms with van der Waals surface area (Å²) in [5.41, 5.74) is 2.83. The fourth-order valence-corrected chi connectivity index (χ4v) is 3.54. The van der Waals surface area contributed by atoms with Gasteiger partial charge in [0.15, 0.2) is 0 Å². The molecule has 0 aliphatic heterocycles. The predicted octanol–water partition coefficient (Wildman–Crippen LogP) is 4.09. The molecule has 4 heteroatoms. The number of phenolic OH excluding ortho intramolecular Hbond substituents is 1. The summed E-state index contributed by atoms with van der Waals surface area (Å²) >= 11 is 0. The van der Waals surface area contributed by atoms with Gasteiger partial charge in [0, 0.05) is 19.1 Å². The molecule has 2 unspecified atom stereocenters. The molecule has 0 amide bonds. The molecule has 3 aromatic carbocycles. The van der Waals surface area contributed by atoms with Gasteiger partial charge in [0.05, 0.1) is 12.2 Å². The van der Waals surface area contributed by atoms with E-state index in [4.69, 9.17) is 0 Å². The molecule has 0 bridgehead atoms. The average Bonchev–Trinajstić information content (AvgIpc) is 2.76. The number of hydrogen-bond acceptors (Lipinski definition) is 4. The maximum absolute atomic E-state index is 10.8. The highest BCUT2D eigenvalue weighted by Gasteiger charge is 2.22. The normalized spacial score (nSPS) is 14.5. The molecule has 3 N–H and O–H groups in total. The number of hydrogen-bond donors (Lipinski definition) is 3. The Morgan fingerprint density at radius 2 is 1.14 bits per heavy atom. The van der Waals surface area contributed by atoms with Crippen LogP contribution in [0.1, 0.15) is 35.8 Å². The van der Waals surface area contributed by atoms with E-state index in [-0.39, 0.29) is 11.8 Å². The van der Waals surface area contributed by atoms with Gasteiger partial charge in [-0.1, -0.05) is 72.8 Å². The lowest BCUT2D eigenvalue weighted by Crippen LogP contribution is -2.40. The SMILES string of the molecule is C[C@H](Cc1ccc(O)cc1)N(CC(O)c1ccccc1)CC(O)c1ccccc1. The second-order valence-corrected chi connectivity index (χ2v) is 7.53. The van der Waals surface area contributed by atoms with Crippen LogP contribution < -0.4 is 0 Å². The minimum atomic E-state index is -0.638. The summed E-state index contributed by atoms with van der Waals surface area (Å²) in [4.78, 5) is 2.13. The molecule has 3 rings (SSSR count). The third kappa shape index (κ3) is 6.16. The zero-order valence-electron chi connectivity index (χ0n) is 16.7. The zero-order chi connectivity index (χ0) is 20.6. The van der Waals surface area contributed by atoms with Crippen LogP contribution >= 0.6 is 0 Å². The zero-order valence-corrected chi connectivity index (χ0v) is 16.7. The van der Waals surface area contributed by atoms with E-state index in [1.165, 1.54) is 0 Å². The maximum atomic E-state index is 10.8. The Kier molecular flexibility index (Phi) is 7.42. The van der Waals surface area contributed by atoms with Crippen LogP contribution in [0.25, 0.3) is 0 Å². The summed E-state index contributed by atoms with van der Waals surface area (Å²) in [6, 6.07) is 26.5. The highest BCUT2D eigenvalue weighted by molar-refractivity contribution is 5.26. The molecule has 0 saturated carbocycles. The van der Waals surface area contributed by atoms with Crippen molar-refractivity contribution in [3.8, 4) is 5.75 Å². The molecule has 0 heterocycles. The van der Waals surface area contributed by atoms with Crippen molar-refractivity contribution in [1.82, 2.24) is 4.90 Å². The fraction of sp³-hybridized carbons (Fsp3) is 0.280. The van der Waals surface area contributed by atoms with E-state index >= 15 is 0 Å². The van der Waals surface area contributed by atoms with Gasteiger partial charge in [-0.2, -0.15) is 0 Å². The summed E-state index contributed by atoms with van der Waals surface area (Å²) in [6.07, 6.45) is -0.522. The summed E-state index contributed by atoms with van der Waals surface area (Å²) in [7, 11) is 0. The monoisotopic (exact) mass is 391 g/mol. The molecular weight excluding hydrogens is 362 g/mol. The molecule has 0 saturated heterocycles. The number of nitrogens with zero attached hydrogens (tertiary/aromatic N) is 1. The molecule has 0 aliphatic rings. The molecule has 152 valence electrons. The van der Waals surface area contributed by atoms with E-state index in [1.54, 1.807) is 12.1 Å². The third-order valence-electron chi connectivity index (χ3n) is 5.27. The van der Waals surface area contributed by atoms with Crippen LogP contribution in [-0.2, 0) is 6.42 Å². The Balaban J connectivity index is 1.75. The minimum absolute atomic E-state index is 0.0938. The average molecular weight is 392 g/mol. The van der Waals surface area contributed by atoms with Gasteiger partial charge >= 0.3 is 0 Å². The quantitative estimate of drug-likeness (QED) is 0.514. The largest absolute Gasteiger partial charge is 0.508 e. The van der Waals surface area contributed by atoms with E-state index in [0.717, 1.165) is 23.1 Å². The van der Waals surface area contributed by atoms with E-state index in [9.17, 15) is 15.3 Å². The third-order valence-corrected chi connectivity index (χ3v) is 5.27. The van der Waals surface area contributed by atoms with Crippen LogP contribution in [0.4, 0.5) is 0 Å². The molecule has 29 heavy (non-hydrogen) atoms. The first-order valence-corrected chi connectivity index (χ1v) is 10.0. The highest BCUT2D eigenvalue weighted by Crippen LogP contribution is 2.22. The Morgan fingerprint density at radius 3 is 1.59 bits per heavy atom. The van der Waals surface area contributed by atoms with Crippen molar-refractivity contribution in [3.05, 3.63) is 102 Å². The second kappa shape index (κ2) is 10.2. The van der Waals surface area contributed by atoms with Gasteiger partial charge in [-0.15, -0.1) is 0 Å². The van der Waals surface area contributed by atoms with Crippen molar-refractivity contribution in [2.45, 2.75) is 31.6 Å². The summed E-state index contributed by atoms with van der Waals surface area (Å²) in [6.45, 7) is 2.95. The summed E-state index contributed by atoms with van der Waals surface area (Å²) in [5.74, 6) is 0.247. The van der Waals surface area contributed by atoms with Gasteiger partial charge in [0.25, 0.3) is 0 Å². The van der Waals surface area contributed by atoms with Gasteiger partial charge in [0.2, 0.25) is 0 Å². The van der Waals surface area contributed by atoms with Gasteiger partial charge < -0.3 is 15.3 Å². The van der Waals surface area contributed by atoms with Crippen LogP contribution in [0.5, 0.6) is 5.75 Å². The van der Waals surface area contributed by atoms with Gasteiger partial charge in [-0.05, 0) is 42.2 Å². The first-order chi connectivity index (χ1) is 14.0. The minimum Gasteiger partial charge on any atom is -0.508 e. The summed E-state index contributed by atoms with van der Waals surface area (Å²) in [5, 5.41) is 31.1. The van der Waals surface area contributed by atoms with E-state index in [0.29, 0.717) is 13.1 Å². The standard InChI is InChI=1S/C25H29NO3/c1-19(16-20-12-14-23(27)15-13-20)26(17-24(28)21-8-4-2-5-9-21)18-25(29)22-10-6-3-7-11-22/h2-15,19,24-25,27-29H,16-18H2,1H3/t19-,24?,25?/m1/s1. The smallest absolute Gasteiger partial charge is 0.115 e. The highest BCUT2D eigenvalue weighted by atomic mass is 16.3. The van der Waals surface area contributed by atoms with Crippen molar-refractivity contribution >= 4 is 0 Å². The molecule has 3 atom stereocenters. The number of aromatic hydroxyl groups is 1. The van der Waals surface area contributed by atoms with Crippen molar-refractivity contribution < 1.29 is 15.3 Å². The molecule has 0 aliphatic carbocycles. The number of aliphatic hydroxyl groups is 2. The Labute approximate surface area is 172 Å². The van der Waals surface area contributed by atoms with Crippen LogP contribution in [-0.4, -0.2) is 39.4 Å². The van der Waals surface area contributed by atoms with Crippen molar-refractivity contribution in [1.29, 1.82) is 0 Å². The second-order valence-electron chi connectivity index (χ2n) is 7.53. The lowest BCUT2D eigenvalue weighted by molar-refractivity contribution is 0.0480. The van der Waals surface area contributed by atoms with Crippen molar-refractivity contribution in [3.63, 3.8) is 0 Å². The number of benzene rings is 3. The molecule has 4 nitrogen and oxygen atoms in total. The van der Waals surface area contributed by atoms with Gasteiger partial charge in [0.1, 0.15) is 5.75 Å². The summed E-state index contributed by atoms with van der Waals surface area (Å²) < 4.78 is 0. The van der Waals surface area contributed by atoms with Crippen LogP contribution in [0, 0.1) is 0 Å². The number of phenols is 1. The molecular formula is C25H29NO3. The van der Waals surface area contributed by atoms with Crippen LogP contribution in [0.15, 0.2) is 84.9 Å². The van der Waals surface area contributed by atoms with Gasteiger partial charge in [-0.25, -0.2) is 0 Å². The lowest BCUT2D eigenvalue weighted by atomic mass is 10.0. The van der Waals surface area contributed by atoms with Crippen molar-refractivity contribution in [2.75, 3.05) is 13.1 Å². The first kappa shape index (κ1) is 21.1.